The first-order chi connectivity index (χ1) is 14.8. The molecule has 0 saturated carbocycles. The van der Waals surface area contributed by atoms with Gasteiger partial charge in [0.2, 0.25) is 5.91 Å². The Balaban J connectivity index is 1.69. The first kappa shape index (κ1) is 20.3. The minimum Gasteiger partial charge on any atom is -0.338 e. The summed E-state index contributed by atoms with van der Waals surface area (Å²) in [5, 5.41) is 23.9. The average molecular weight is 412 g/mol. The number of amidine groups is 2. The number of fused-ring (bicyclic) bond motifs is 2. The molecule has 2 aromatic carbocycles. The van der Waals surface area contributed by atoms with Crippen molar-refractivity contribution in [3.05, 3.63) is 78.0 Å². The molecule has 0 atom stereocenters. The quantitative estimate of drug-likeness (QED) is 0.352. The lowest BCUT2D eigenvalue weighted by Gasteiger charge is -2.25. The normalized spacial score (nSPS) is 12.9. The van der Waals surface area contributed by atoms with Crippen molar-refractivity contribution in [2.45, 2.75) is 20.8 Å². The van der Waals surface area contributed by atoms with E-state index in [0.29, 0.717) is 28.3 Å². The van der Waals surface area contributed by atoms with Gasteiger partial charge in [0.1, 0.15) is 11.7 Å². The number of amides is 1. The molecule has 1 aliphatic heterocycles. The Labute approximate surface area is 181 Å². The zero-order valence-corrected chi connectivity index (χ0v) is 17.7. The zero-order chi connectivity index (χ0) is 22.2. The molecule has 7 nitrogen and oxygen atoms in total. The summed E-state index contributed by atoms with van der Waals surface area (Å²) in [6, 6.07) is 18.2. The second-order valence-electron chi connectivity index (χ2n) is 8.36. The van der Waals surface area contributed by atoms with Gasteiger partial charge in [-0.1, -0.05) is 32.9 Å². The minimum absolute atomic E-state index is 0.0766. The summed E-state index contributed by atoms with van der Waals surface area (Å²) in [6.45, 7) is 5.57. The number of nitrogens with one attached hydrogen (secondary N) is 4. The number of hydrogen-bond donors (Lipinski definition) is 4. The first-order valence-electron chi connectivity index (χ1n) is 9.96. The number of anilines is 4. The van der Waals surface area contributed by atoms with Crippen molar-refractivity contribution in [1.82, 2.24) is 4.98 Å². The van der Waals surface area contributed by atoms with E-state index in [-0.39, 0.29) is 17.6 Å². The smallest absolute Gasteiger partial charge is 0.229 e. The number of aromatic nitrogens is 1. The number of nitrogens with zero attached hydrogens (tertiary/aromatic N) is 2. The highest BCUT2D eigenvalue weighted by atomic mass is 16.2. The molecule has 0 fully saturated rings. The van der Waals surface area contributed by atoms with Gasteiger partial charge in [-0.15, -0.1) is 0 Å². The summed E-state index contributed by atoms with van der Waals surface area (Å²) in [7, 11) is 0. The fourth-order valence-corrected chi connectivity index (χ4v) is 3.23. The number of pyridine rings is 1. The SMILES string of the molecule is CC(C)(C)C(=O)Nc1ccc(C(=N)N2C(=N)c3ccccc3Nc3ncccc32)cc1. The average Bonchev–Trinajstić information content (AvgIpc) is 2.87. The number of hydrogen-bond acceptors (Lipinski definition) is 5. The third-order valence-corrected chi connectivity index (χ3v) is 5.01. The molecule has 3 aromatic rings. The zero-order valence-electron chi connectivity index (χ0n) is 17.7. The number of carbonyl (C=O) groups excluding carboxylic acids is 1. The van der Waals surface area contributed by atoms with Crippen LogP contribution in [0.3, 0.4) is 0 Å². The van der Waals surface area contributed by atoms with Crippen molar-refractivity contribution in [1.29, 1.82) is 10.8 Å². The van der Waals surface area contributed by atoms with E-state index < -0.39 is 5.41 Å². The molecule has 2 heterocycles. The Morgan fingerprint density at radius 2 is 1.74 bits per heavy atom. The van der Waals surface area contributed by atoms with Crippen LogP contribution in [0.15, 0.2) is 66.9 Å². The van der Waals surface area contributed by atoms with Crippen molar-refractivity contribution < 1.29 is 4.79 Å². The summed E-state index contributed by atoms with van der Waals surface area (Å²) in [5.74, 6) is 0.833. The molecule has 4 N–H and O–H groups in total. The molecule has 0 unspecified atom stereocenters. The second kappa shape index (κ2) is 7.68. The van der Waals surface area contributed by atoms with Gasteiger partial charge in [0.25, 0.3) is 0 Å². The fourth-order valence-electron chi connectivity index (χ4n) is 3.23. The van der Waals surface area contributed by atoms with Crippen molar-refractivity contribution in [3.63, 3.8) is 0 Å². The van der Waals surface area contributed by atoms with Gasteiger partial charge in [0.15, 0.2) is 5.82 Å². The highest BCUT2D eigenvalue weighted by Gasteiger charge is 2.28. The number of benzene rings is 2. The van der Waals surface area contributed by atoms with Crippen LogP contribution in [0.2, 0.25) is 0 Å². The van der Waals surface area contributed by atoms with Crippen molar-refractivity contribution >= 4 is 40.5 Å². The number of rotatable bonds is 2. The van der Waals surface area contributed by atoms with Crippen LogP contribution in [0.25, 0.3) is 0 Å². The molecule has 1 aliphatic rings. The monoisotopic (exact) mass is 412 g/mol. The van der Waals surface area contributed by atoms with E-state index in [1.165, 1.54) is 0 Å². The lowest BCUT2D eigenvalue weighted by atomic mass is 9.95. The van der Waals surface area contributed by atoms with Crippen LogP contribution < -0.4 is 15.5 Å². The molecule has 156 valence electrons. The Morgan fingerprint density at radius 3 is 2.45 bits per heavy atom. The maximum atomic E-state index is 12.2. The van der Waals surface area contributed by atoms with Gasteiger partial charge in [-0.2, -0.15) is 0 Å². The molecule has 1 amide bonds. The number of carbonyl (C=O) groups is 1. The Bertz CT molecular complexity index is 1180. The van der Waals surface area contributed by atoms with Crippen LogP contribution in [0, 0.1) is 16.2 Å². The van der Waals surface area contributed by atoms with E-state index >= 15 is 0 Å². The molecular weight excluding hydrogens is 388 g/mol. The van der Waals surface area contributed by atoms with Crippen molar-refractivity contribution in [2.75, 3.05) is 15.5 Å². The van der Waals surface area contributed by atoms with Gasteiger partial charge >= 0.3 is 0 Å². The lowest BCUT2D eigenvalue weighted by molar-refractivity contribution is -0.123. The van der Waals surface area contributed by atoms with Crippen molar-refractivity contribution in [2.24, 2.45) is 5.41 Å². The van der Waals surface area contributed by atoms with Crippen LogP contribution in [-0.4, -0.2) is 22.6 Å². The van der Waals surface area contributed by atoms with Gasteiger partial charge < -0.3 is 10.6 Å². The van der Waals surface area contributed by atoms with E-state index in [2.05, 4.69) is 15.6 Å². The predicted octanol–water partition coefficient (Wildman–Crippen LogP) is 4.98. The van der Waals surface area contributed by atoms with Crippen LogP contribution in [0.5, 0.6) is 0 Å². The maximum Gasteiger partial charge on any atom is 0.229 e. The summed E-state index contributed by atoms with van der Waals surface area (Å²) < 4.78 is 0. The molecule has 31 heavy (non-hydrogen) atoms. The summed E-state index contributed by atoms with van der Waals surface area (Å²) in [6.07, 6.45) is 1.68. The Morgan fingerprint density at radius 1 is 1.03 bits per heavy atom. The first-order valence-corrected chi connectivity index (χ1v) is 9.96. The fraction of sp³-hybridized carbons (Fsp3) is 0.167. The van der Waals surface area contributed by atoms with Crippen LogP contribution in [0.1, 0.15) is 31.9 Å². The van der Waals surface area contributed by atoms with E-state index in [4.69, 9.17) is 10.8 Å². The molecule has 7 heteroatoms. The van der Waals surface area contributed by atoms with Gasteiger partial charge in [0.05, 0.1) is 11.4 Å². The van der Waals surface area contributed by atoms with Crippen LogP contribution >= 0.6 is 0 Å². The molecular formula is C24H24N6O. The van der Waals surface area contributed by atoms with E-state index in [9.17, 15) is 4.79 Å². The topological polar surface area (TPSA) is 105 Å². The molecule has 1 aromatic heterocycles. The third-order valence-electron chi connectivity index (χ3n) is 5.01. The summed E-state index contributed by atoms with van der Waals surface area (Å²) in [4.78, 5) is 18.2. The Kier molecular flexibility index (Phi) is 5.02. The highest BCUT2D eigenvalue weighted by Crippen LogP contribution is 2.34. The van der Waals surface area contributed by atoms with E-state index in [0.717, 1.165) is 5.69 Å². The Hall–Kier alpha value is -4.00. The second-order valence-corrected chi connectivity index (χ2v) is 8.36. The van der Waals surface area contributed by atoms with Gasteiger partial charge in [-0.25, -0.2) is 4.98 Å². The molecule has 0 spiro atoms. The van der Waals surface area contributed by atoms with E-state index in [1.807, 2.05) is 51.1 Å². The summed E-state index contributed by atoms with van der Waals surface area (Å²) in [5.41, 5.74) is 2.86. The lowest BCUT2D eigenvalue weighted by Crippen LogP contribution is -2.36. The van der Waals surface area contributed by atoms with E-state index in [1.54, 1.807) is 41.4 Å². The van der Waals surface area contributed by atoms with Gasteiger partial charge in [0, 0.05) is 28.4 Å². The molecule has 4 rings (SSSR count). The highest BCUT2D eigenvalue weighted by molar-refractivity contribution is 6.30. The van der Waals surface area contributed by atoms with Crippen LogP contribution in [0.4, 0.5) is 22.9 Å². The summed E-state index contributed by atoms with van der Waals surface area (Å²) >= 11 is 0. The largest absolute Gasteiger partial charge is 0.338 e. The van der Waals surface area contributed by atoms with Gasteiger partial charge in [-0.3, -0.25) is 20.5 Å². The van der Waals surface area contributed by atoms with Gasteiger partial charge in [-0.05, 0) is 48.5 Å². The van der Waals surface area contributed by atoms with Crippen molar-refractivity contribution in [3.8, 4) is 0 Å². The molecule has 0 bridgehead atoms. The standard InChI is InChI=1S/C24H24N6O/c1-24(2,3)23(31)28-16-12-10-15(11-13-16)20(25)30-19-9-6-14-27-22(19)29-18-8-5-4-7-17(18)21(30)26/h4-14,25-26H,1-3H3,(H,27,29)(H,28,31). The van der Waals surface area contributed by atoms with Crippen LogP contribution in [-0.2, 0) is 4.79 Å². The molecule has 0 aliphatic carbocycles. The minimum atomic E-state index is -0.496. The molecule has 0 radical (unpaired) electrons. The number of para-hydroxylation sites is 1. The predicted molar refractivity (Wildman–Crippen MR) is 125 cm³/mol. The molecule has 0 saturated heterocycles. The third kappa shape index (κ3) is 3.90. The maximum absolute atomic E-state index is 12.2.